The maximum Gasteiger partial charge on any atom is 0.350 e. The zero-order valence-electron chi connectivity index (χ0n) is 19.3. The Kier molecular flexibility index (Phi) is 16.4. The average molecular weight is 569 g/mol. The number of aromatic nitrogens is 1. The van der Waals surface area contributed by atoms with Crippen LogP contribution in [0.5, 0.6) is 0 Å². The van der Waals surface area contributed by atoms with E-state index in [1.165, 1.54) is 11.3 Å². The molecule has 1 atom stereocenters. The van der Waals surface area contributed by atoms with Crippen molar-refractivity contribution < 1.29 is 19.1 Å². The fourth-order valence-corrected chi connectivity index (χ4v) is 3.70. The number of aryl methyl sites for hydroxylation is 1. The van der Waals surface area contributed by atoms with Crippen molar-refractivity contribution in [2.24, 2.45) is 4.99 Å². The molecule has 1 heterocycles. The van der Waals surface area contributed by atoms with E-state index in [4.69, 9.17) is 9.47 Å². The predicted molar refractivity (Wildman–Crippen MR) is 135 cm³/mol. The van der Waals surface area contributed by atoms with Gasteiger partial charge in [-0.2, -0.15) is 0 Å². The SMILES string of the molecule is CCNC(=NCCCCCCC(=O)OCC)NC(C)c1nc(C)c(C(=O)OCC)s1.I. The lowest BCUT2D eigenvalue weighted by Gasteiger charge is -2.16. The summed E-state index contributed by atoms with van der Waals surface area (Å²) in [6.45, 7) is 11.7. The van der Waals surface area contributed by atoms with E-state index in [0.717, 1.165) is 43.2 Å². The van der Waals surface area contributed by atoms with Crippen LogP contribution in [0.2, 0.25) is 0 Å². The molecule has 0 fully saturated rings. The van der Waals surface area contributed by atoms with Crippen LogP contribution in [0.3, 0.4) is 0 Å². The molecule has 0 aromatic carbocycles. The first-order valence-corrected chi connectivity index (χ1v) is 11.6. The zero-order chi connectivity index (χ0) is 22.4. The molecule has 2 N–H and O–H groups in total. The number of carbonyl (C=O) groups is 2. The summed E-state index contributed by atoms with van der Waals surface area (Å²) in [4.78, 5) is 33.0. The number of rotatable bonds is 13. The van der Waals surface area contributed by atoms with Gasteiger partial charge in [0.2, 0.25) is 0 Å². The van der Waals surface area contributed by atoms with Gasteiger partial charge in [-0.1, -0.05) is 12.8 Å². The van der Waals surface area contributed by atoms with Crippen molar-refractivity contribution in [1.82, 2.24) is 15.6 Å². The number of guanidine groups is 1. The summed E-state index contributed by atoms with van der Waals surface area (Å²) >= 11 is 1.35. The molecule has 1 aromatic rings. The van der Waals surface area contributed by atoms with E-state index in [9.17, 15) is 9.59 Å². The minimum atomic E-state index is -0.325. The lowest BCUT2D eigenvalue weighted by Crippen LogP contribution is -2.38. The van der Waals surface area contributed by atoms with Crippen LogP contribution in [-0.2, 0) is 14.3 Å². The summed E-state index contributed by atoms with van der Waals surface area (Å²) in [7, 11) is 0. The van der Waals surface area contributed by atoms with Gasteiger partial charge in [-0.15, -0.1) is 35.3 Å². The summed E-state index contributed by atoms with van der Waals surface area (Å²) in [5, 5.41) is 7.41. The highest BCUT2D eigenvalue weighted by molar-refractivity contribution is 14.0. The van der Waals surface area contributed by atoms with Crippen LogP contribution in [-0.4, -0.2) is 49.2 Å². The van der Waals surface area contributed by atoms with Crippen molar-refractivity contribution in [1.29, 1.82) is 0 Å². The topological polar surface area (TPSA) is 102 Å². The number of esters is 2. The average Bonchev–Trinajstić information content (AvgIpc) is 3.09. The molecule has 1 unspecified atom stereocenters. The minimum Gasteiger partial charge on any atom is -0.466 e. The van der Waals surface area contributed by atoms with Crippen molar-refractivity contribution in [3.8, 4) is 0 Å². The largest absolute Gasteiger partial charge is 0.466 e. The van der Waals surface area contributed by atoms with Crippen LogP contribution in [0.4, 0.5) is 0 Å². The number of halogens is 1. The van der Waals surface area contributed by atoms with E-state index in [1.807, 2.05) is 27.7 Å². The Bertz CT molecular complexity index is 697. The molecule has 8 nitrogen and oxygen atoms in total. The third-order valence-corrected chi connectivity index (χ3v) is 5.53. The quantitative estimate of drug-likeness (QED) is 0.120. The Labute approximate surface area is 207 Å². The molecule has 0 bridgehead atoms. The lowest BCUT2D eigenvalue weighted by molar-refractivity contribution is -0.143. The number of unbranched alkanes of at least 4 members (excludes halogenated alkanes) is 3. The summed E-state index contributed by atoms with van der Waals surface area (Å²) in [5.41, 5.74) is 0.687. The van der Waals surface area contributed by atoms with Crippen LogP contribution < -0.4 is 10.6 Å². The highest BCUT2D eigenvalue weighted by Gasteiger charge is 2.20. The van der Waals surface area contributed by atoms with Crippen molar-refractivity contribution >= 4 is 53.2 Å². The number of aliphatic imine (C=N–C) groups is 1. The standard InChI is InChI=1S/C21H36N4O4S.HI/c1-6-22-21(23-14-12-10-9-11-13-17(26)28-7-2)25-16(5)19-24-15(4)18(30-19)20(27)29-8-3;/h16H,6-14H2,1-5H3,(H2,22,23,25);1H. The Balaban J connectivity index is 0.00000900. The van der Waals surface area contributed by atoms with Gasteiger partial charge in [0, 0.05) is 19.5 Å². The van der Waals surface area contributed by atoms with E-state index >= 15 is 0 Å². The van der Waals surface area contributed by atoms with E-state index < -0.39 is 0 Å². The molecule has 31 heavy (non-hydrogen) atoms. The summed E-state index contributed by atoms with van der Waals surface area (Å²) < 4.78 is 10.0. The molecule has 0 radical (unpaired) electrons. The molecule has 0 aliphatic rings. The van der Waals surface area contributed by atoms with Gasteiger partial charge in [0.1, 0.15) is 9.88 Å². The van der Waals surface area contributed by atoms with Crippen LogP contribution in [0.25, 0.3) is 0 Å². The van der Waals surface area contributed by atoms with E-state index in [-0.39, 0.29) is 42.0 Å². The van der Waals surface area contributed by atoms with Gasteiger partial charge in [0.05, 0.1) is 24.9 Å². The number of ether oxygens (including phenoxy) is 2. The highest BCUT2D eigenvalue weighted by atomic mass is 127. The summed E-state index contributed by atoms with van der Waals surface area (Å²) in [5.74, 6) is 0.281. The molecule has 178 valence electrons. The molecule has 1 rings (SSSR count). The molecule has 0 aliphatic heterocycles. The van der Waals surface area contributed by atoms with Gasteiger partial charge in [0.25, 0.3) is 0 Å². The molecule has 0 saturated carbocycles. The van der Waals surface area contributed by atoms with E-state index in [0.29, 0.717) is 36.8 Å². The minimum absolute atomic E-state index is 0. The second-order valence-electron chi connectivity index (χ2n) is 6.78. The van der Waals surface area contributed by atoms with Crippen molar-refractivity contribution in [2.45, 2.75) is 72.8 Å². The smallest absolute Gasteiger partial charge is 0.350 e. The van der Waals surface area contributed by atoms with Gasteiger partial charge in [0.15, 0.2) is 5.96 Å². The molecule has 0 aliphatic carbocycles. The lowest BCUT2D eigenvalue weighted by atomic mass is 10.1. The molecule has 0 spiro atoms. The van der Waals surface area contributed by atoms with E-state index in [2.05, 4.69) is 20.6 Å². The normalized spacial score (nSPS) is 12.0. The molecule has 0 saturated heterocycles. The van der Waals surface area contributed by atoms with E-state index in [1.54, 1.807) is 6.92 Å². The van der Waals surface area contributed by atoms with Gasteiger partial charge in [-0.25, -0.2) is 9.78 Å². The fraction of sp³-hybridized carbons (Fsp3) is 0.714. The zero-order valence-corrected chi connectivity index (χ0v) is 22.4. The van der Waals surface area contributed by atoms with Crippen LogP contribution in [0, 0.1) is 6.92 Å². The fourth-order valence-electron chi connectivity index (χ4n) is 2.73. The maximum atomic E-state index is 12.0. The van der Waals surface area contributed by atoms with Gasteiger partial charge >= 0.3 is 11.9 Å². The summed E-state index contributed by atoms with van der Waals surface area (Å²) in [6.07, 6.45) is 4.30. The molecule has 0 amide bonds. The Morgan fingerprint density at radius 3 is 2.42 bits per heavy atom. The number of nitrogens with one attached hydrogen (secondary N) is 2. The number of hydrogen-bond donors (Lipinski definition) is 2. The number of carbonyl (C=O) groups excluding carboxylic acids is 2. The Morgan fingerprint density at radius 1 is 1.10 bits per heavy atom. The first-order valence-electron chi connectivity index (χ1n) is 10.8. The van der Waals surface area contributed by atoms with Crippen LogP contribution in [0.15, 0.2) is 4.99 Å². The molecular weight excluding hydrogens is 531 g/mol. The summed E-state index contributed by atoms with van der Waals surface area (Å²) in [6, 6.07) is -0.0840. The van der Waals surface area contributed by atoms with Gasteiger partial charge < -0.3 is 20.1 Å². The molecular formula is C21H37IN4O4S. The second kappa shape index (κ2) is 17.2. The third kappa shape index (κ3) is 11.7. The van der Waals surface area contributed by atoms with Crippen molar-refractivity contribution in [2.75, 3.05) is 26.3 Å². The molecule has 10 heteroatoms. The molecule has 1 aromatic heterocycles. The maximum absolute atomic E-state index is 12.0. The Hall–Kier alpha value is -1.43. The third-order valence-electron chi connectivity index (χ3n) is 4.21. The van der Waals surface area contributed by atoms with Gasteiger partial charge in [-0.05, 0) is 47.5 Å². The van der Waals surface area contributed by atoms with Crippen molar-refractivity contribution in [3.63, 3.8) is 0 Å². The number of nitrogens with zero attached hydrogens (tertiary/aromatic N) is 2. The predicted octanol–water partition coefficient (Wildman–Crippen LogP) is 4.38. The van der Waals surface area contributed by atoms with Crippen LogP contribution >= 0.6 is 35.3 Å². The Morgan fingerprint density at radius 2 is 1.77 bits per heavy atom. The highest BCUT2D eigenvalue weighted by Crippen LogP contribution is 2.24. The van der Waals surface area contributed by atoms with Crippen molar-refractivity contribution in [3.05, 3.63) is 15.6 Å². The van der Waals surface area contributed by atoms with Crippen LogP contribution in [0.1, 0.15) is 86.2 Å². The van der Waals surface area contributed by atoms with Gasteiger partial charge in [-0.3, -0.25) is 9.79 Å². The number of thiazole rings is 1. The number of hydrogen-bond acceptors (Lipinski definition) is 7. The first kappa shape index (κ1) is 29.6. The second-order valence-corrected chi connectivity index (χ2v) is 7.81. The monoisotopic (exact) mass is 568 g/mol. The first-order chi connectivity index (χ1) is 14.4.